The number of hydrogen-bond acceptors (Lipinski definition) is 3. The normalized spacial score (nSPS) is 10.8. The molecule has 1 aromatic carbocycles. The molecule has 0 fully saturated rings. The topological polar surface area (TPSA) is 62.1 Å². The number of hydrogen-bond donors (Lipinski definition) is 1. The number of nitrogens with one attached hydrogen (secondary N) is 1. The van der Waals surface area contributed by atoms with Crippen molar-refractivity contribution in [3.8, 4) is 11.8 Å². The van der Waals surface area contributed by atoms with Crippen LogP contribution in [0.4, 0.5) is 5.69 Å². The van der Waals surface area contributed by atoms with Gasteiger partial charge in [-0.3, -0.25) is 4.79 Å². The zero-order chi connectivity index (χ0) is 15.9. The number of benzene rings is 1. The van der Waals surface area contributed by atoms with Gasteiger partial charge in [-0.25, -0.2) is 0 Å². The largest absolute Gasteiger partial charge is 0.497 e. The first kappa shape index (κ1) is 17.0. The highest BCUT2D eigenvalue weighted by Crippen LogP contribution is 2.32. The number of aryl methyl sites for hydroxylation is 1. The molecule has 1 rings (SSSR count). The molecule has 1 N–H and O–H groups in total. The Morgan fingerprint density at radius 3 is 2.38 bits per heavy atom. The highest BCUT2D eigenvalue weighted by atomic mass is 16.5. The lowest BCUT2D eigenvalue weighted by atomic mass is 9.79. The molecule has 0 saturated carbocycles. The average molecular weight is 288 g/mol. The van der Waals surface area contributed by atoms with Gasteiger partial charge in [-0.05, 0) is 43.5 Å². The van der Waals surface area contributed by atoms with Crippen LogP contribution in [0.15, 0.2) is 18.2 Å². The molecule has 0 heterocycles. The second kappa shape index (κ2) is 7.68. The van der Waals surface area contributed by atoms with Crippen molar-refractivity contribution >= 4 is 11.6 Å². The summed E-state index contributed by atoms with van der Waals surface area (Å²) < 4.78 is 5.16. The van der Waals surface area contributed by atoms with Gasteiger partial charge < -0.3 is 10.1 Å². The maximum absolute atomic E-state index is 12.6. The number of carbonyl (C=O) groups is 1. The quantitative estimate of drug-likeness (QED) is 0.823. The van der Waals surface area contributed by atoms with Gasteiger partial charge in [-0.2, -0.15) is 5.26 Å². The van der Waals surface area contributed by atoms with Gasteiger partial charge in [-0.15, -0.1) is 0 Å². The summed E-state index contributed by atoms with van der Waals surface area (Å²) in [4.78, 5) is 12.6. The molecule has 0 radical (unpaired) electrons. The van der Waals surface area contributed by atoms with Crippen molar-refractivity contribution in [3.63, 3.8) is 0 Å². The van der Waals surface area contributed by atoms with Gasteiger partial charge in [0.15, 0.2) is 0 Å². The standard InChI is InChI=1S/C17H24N2O2/c1-5-9-17(12-18,10-6-2)16(20)19-15-8-7-14(21-4)11-13(15)3/h7-8,11H,5-6,9-10H2,1-4H3,(H,19,20). The first-order chi connectivity index (χ1) is 10.0. The molecule has 1 amide bonds. The molecule has 0 atom stereocenters. The maximum Gasteiger partial charge on any atom is 0.244 e. The van der Waals surface area contributed by atoms with E-state index >= 15 is 0 Å². The zero-order valence-electron chi connectivity index (χ0n) is 13.3. The van der Waals surface area contributed by atoms with E-state index < -0.39 is 5.41 Å². The van der Waals surface area contributed by atoms with Crippen LogP contribution in [0, 0.1) is 23.7 Å². The van der Waals surface area contributed by atoms with E-state index in [2.05, 4.69) is 11.4 Å². The highest BCUT2D eigenvalue weighted by Gasteiger charge is 2.37. The van der Waals surface area contributed by atoms with Crippen molar-refractivity contribution in [2.75, 3.05) is 12.4 Å². The Kier molecular flexibility index (Phi) is 6.23. The average Bonchev–Trinajstić information content (AvgIpc) is 2.48. The predicted molar refractivity (Wildman–Crippen MR) is 84.2 cm³/mol. The molecule has 0 aliphatic heterocycles. The van der Waals surface area contributed by atoms with Crippen molar-refractivity contribution in [1.82, 2.24) is 0 Å². The molecule has 0 saturated heterocycles. The molecule has 0 bridgehead atoms. The summed E-state index contributed by atoms with van der Waals surface area (Å²) in [5.74, 6) is 0.543. The van der Waals surface area contributed by atoms with Crippen LogP contribution >= 0.6 is 0 Å². The summed E-state index contributed by atoms with van der Waals surface area (Å²) in [6.07, 6.45) is 2.78. The molecular weight excluding hydrogens is 264 g/mol. The lowest BCUT2D eigenvalue weighted by molar-refractivity contribution is -0.123. The molecular formula is C17H24N2O2. The fourth-order valence-corrected chi connectivity index (χ4v) is 2.51. The maximum atomic E-state index is 12.6. The fourth-order valence-electron chi connectivity index (χ4n) is 2.51. The minimum atomic E-state index is -0.935. The van der Waals surface area contributed by atoms with Crippen molar-refractivity contribution in [3.05, 3.63) is 23.8 Å². The van der Waals surface area contributed by atoms with Crippen LogP contribution in [-0.4, -0.2) is 13.0 Å². The van der Waals surface area contributed by atoms with E-state index in [1.807, 2.05) is 32.9 Å². The van der Waals surface area contributed by atoms with E-state index in [4.69, 9.17) is 4.74 Å². The third kappa shape index (κ3) is 3.98. The van der Waals surface area contributed by atoms with Crippen LogP contribution in [0.3, 0.4) is 0 Å². The first-order valence-electron chi connectivity index (χ1n) is 7.40. The Balaban J connectivity index is 2.99. The molecule has 1 aromatic rings. The van der Waals surface area contributed by atoms with Gasteiger partial charge in [0.2, 0.25) is 5.91 Å². The van der Waals surface area contributed by atoms with Crippen LogP contribution < -0.4 is 10.1 Å². The number of rotatable bonds is 7. The number of ether oxygens (including phenoxy) is 1. The summed E-state index contributed by atoms with van der Waals surface area (Å²) in [6.45, 7) is 5.90. The van der Waals surface area contributed by atoms with Crippen LogP contribution in [0.2, 0.25) is 0 Å². The van der Waals surface area contributed by atoms with Crippen LogP contribution in [0.5, 0.6) is 5.75 Å². The Hall–Kier alpha value is -2.02. The van der Waals surface area contributed by atoms with Gasteiger partial charge in [0.05, 0.1) is 13.2 Å². The van der Waals surface area contributed by atoms with Crippen molar-refractivity contribution in [1.29, 1.82) is 5.26 Å². The zero-order valence-corrected chi connectivity index (χ0v) is 13.3. The first-order valence-corrected chi connectivity index (χ1v) is 7.40. The number of nitriles is 1. The Labute approximate surface area is 127 Å². The molecule has 21 heavy (non-hydrogen) atoms. The highest BCUT2D eigenvalue weighted by molar-refractivity contribution is 5.97. The van der Waals surface area contributed by atoms with E-state index in [0.29, 0.717) is 12.8 Å². The second-order valence-corrected chi connectivity index (χ2v) is 5.33. The van der Waals surface area contributed by atoms with Crippen LogP contribution in [0.1, 0.15) is 45.1 Å². The van der Waals surface area contributed by atoms with Crippen LogP contribution in [-0.2, 0) is 4.79 Å². The third-order valence-electron chi connectivity index (χ3n) is 3.68. The Morgan fingerprint density at radius 1 is 1.33 bits per heavy atom. The number of carbonyl (C=O) groups excluding carboxylic acids is 1. The van der Waals surface area contributed by atoms with Gasteiger partial charge in [-0.1, -0.05) is 26.7 Å². The molecule has 0 aliphatic rings. The minimum Gasteiger partial charge on any atom is -0.497 e. The molecule has 0 aliphatic carbocycles. The monoisotopic (exact) mass is 288 g/mol. The Bertz CT molecular complexity index is 526. The Morgan fingerprint density at radius 2 is 1.95 bits per heavy atom. The smallest absolute Gasteiger partial charge is 0.244 e. The van der Waals surface area contributed by atoms with Gasteiger partial charge in [0.25, 0.3) is 0 Å². The number of amides is 1. The third-order valence-corrected chi connectivity index (χ3v) is 3.68. The van der Waals surface area contributed by atoms with E-state index in [-0.39, 0.29) is 5.91 Å². The fraction of sp³-hybridized carbons (Fsp3) is 0.529. The second-order valence-electron chi connectivity index (χ2n) is 5.33. The molecule has 0 unspecified atom stereocenters. The van der Waals surface area contributed by atoms with Crippen LogP contribution in [0.25, 0.3) is 0 Å². The van der Waals surface area contributed by atoms with E-state index in [9.17, 15) is 10.1 Å². The van der Waals surface area contributed by atoms with Gasteiger partial charge in [0.1, 0.15) is 11.2 Å². The molecule has 4 heteroatoms. The summed E-state index contributed by atoms with van der Waals surface area (Å²) in [5, 5.41) is 12.4. The summed E-state index contributed by atoms with van der Waals surface area (Å²) in [5.41, 5.74) is 0.714. The van der Waals surface area contributed by atoms with E-state index in [0.717, 1.165) is 29.8 Å². The summed E-state index contributed by atoms with van der Waals surface area (Å²) in [6, 6.07) is 7.72. The van der Waals surface area contributed by atoms with Gasteiger partial charge >= 0.3 is 0 Å². The summed E-state index contributed by atoms with van der Waals surface area (Å²) >= 11 is 0. The van der Waals surface area contributed by atoms with Crippen molar-refractivity contribution in [2.45, 2.75) is 46.5 Å². The lowest BCUT2D eigenvalue weighted by Gasteiger charge is -2.25. The number of anilines is 1. The molecule has 4 nitrogen and oxygen atoms in total. The van der Waals surface area contributed by atoms with Crippen molar-refractivity contribution in [2.24, 2.45) is 5.41 Å². The van der Waals surface area contributed by atoms with E-state index in [1.54, 1.807) is 13.2 Å². The number of nitrogens with zero attached hydrogens (tertiary/aromatic N) is 1. The van der Waals surface area contributed by atoms with Gasteiger partial charge in [0, 0.05) is 5.69 Å². The molecule has 114 valence electrons. The minimum absolute atomic E-state index is 0.207. The van der Waals surface area contributed by atoms with E-state index in [1.165, 1.54) is 0 Å². The molecule has 0 spiro atoms. The summed E-state index contributed by atoms with van der Waals surface area (Å²) in [7, 11) is 1.61. The predicted octanol–water partition coefficient (Wildman–Crippen LogP) is 4.05. The SMILES string of the molecule is CCCC(C#N)(CCC)C(=O)Nc1ccc(OC)cc1C. The van der Waals surface area contributed by atoms with Crippen molar-refractivity contribution < 1.29 is 9.53 Å². The number of methoxy groups -OCH3 is 1. The molecule has 0 aromatic heterocycles. The lowest BCUT2D eigenvalue weighted by Crippen LogP contribution is -2.35.